The molecule has 7 heteroatoms. The van der Waals surface area contributed by atoms with Crippen LogP contribution in [0.2, 0.25) is 0 Å². The first-order valence-corrected chi connectivity index (χ1v) is 5.68. The summed E-state index contributed by atoms with van der Waals surface area (Å²) in [6.45, 7) is 1.06. The van der Waals surface area contributed by atoms with Gasteiger partial charge in [0.25, 0.3) is 0 Å². The monoisotopic (exact) mass is 259 g/mol. The fraction of sp³-hybridized carbons (Fsp3) is 0.545. The largest absolute Gasteiger partial charge is 0.416 e. The van der Waals surface area contributed by atoms with Crippen molar-refractivity contribution in [2.24, 2.45) is 0 Å². The number of aliphatic hydroxyl groups excluding tert-OH is 1. The number of nitrogens with zero attached hydrogens (tertiary/aromatic N) is 2. The molecule has 0 aromatic carbocycles. The van der Waals surface area contributed by atoms with Crippen LogP contribution >= 0.6 is 0 Å². The summed E-state index contributed by atoms with van der Waals surface area (Å²) in [6, 6.07) is 1.72. The maximum absolute atomic E-state index is 12.6. The Morgan fingerprint density at radius 3 is 2.78 bits per heavy atom. The molecule has 1 aromatic heterocycles. The number of rotatable bonds is 1. The highest BCUT2D eigenvalue weighted by Crippen LogP contribution is 2.33. The van der Waals surface area contributed by atoms with Crippen molar-refractivity contribution in [1.29, 1.82) is 0 Å². The minimum atomic E-state index is -4.37. The van der Waals surface area contributed by atoms with Gasteiger partial charge < -0.3 is 15.3 Å². The van der Waals surface area contributed by atoms with Crippen molar-refractivity contribution in [3.63, 3.8) is 0 Å². The zero-order chi connectivity index (χ0) is 12.9. The van der Waals surface area contributed by atoms with Crippen LogP contribution in [0.25, 0.3) is 0 Å². The summed E-state index contributed by atoms with van der Waals surface area (Å²) in [7, 11) is 0. The quantitative estimate of drug-likeness (QED) is 0.776. The second-order valence-electron chi connectivity index (χ2n) is 4.63. The number of anilines is 1. The van der Waals surface area contributed by atoms with E-state index >= 15 is 0 Å². The Hall–Kier alpha value is -1.34. The van der Waals surface area contributed by atoms with Gasteiger partial charge in [-0.2, -0.15) is 13.2 Å². The van der Waals surface area contributed by atoms with Crippen LogP contribution in [0, 0.1) is 0 Å². The maximum atomic E-state index is 12.6. The minimum Gasteiger partial charge on any atom is -0.389 e. The summed E-state index contributed by atoms with van der Waals surface area (Å²) in [5, 5.41) is 12.9. The molecular formula is C11H12F3N3O. The van der Waals surface area contributed by atoms with Crippen LogP contribution in [0.1, 0.15) is 5.56 Å². The molecule has 2 fully saturated rings. The topological polar surface area (TPSA) is 48.4 Å². The van der Waals surface area contributed by atoms with Crippen molar-refractivity contribution in [3.8, 4) is 0 Å². The number of alkyl halides is 3. The van der Waals surface area contributed by atoms with Crippen LogP contribution in [-0.2, 0) is 6.18 Å². The molecule has 3 unspecified atom stereocenters. The first-order chi connectivity index (χ1) is 8.47. The van der Waals surface area contributed by atoms with E-state index in [0.29, 0.717) is 13.1 Å². The van der Waals surface area contributed by atoms with E-state index in [9.17, 15) is 18.3 Å². The number of aliphatic hydroxyl groups is 1. The fourth-order valence-electron chi connectivity index (χ4n) is 2.61. The Bertz CT molecular complexity index is 465. The van der Waals surface area contributed by atoms with Gasteiger partial charge in [0.2, 0.25) is 0 Å². The van der Waals surface area contributed by atoms with E-state index in [2.05, 4.69) is 10.3 Å². The number of halogens is 3. The molecular weight excluding hydrogens is 247 g/mol. The van der Waals surface area contributed by atoms with Crippen molar-refractivity contribution in [2.45, 2.75) is 24.4 Å². The Kier molecular flexibility index (Phi) is 2.49. The first kappa shape index (κ1) is 11.7. The van der Waals surface area contributed by atoms with Crippen molar-refractivity contribution < 1.29 is 18.3 Å². The van der Waals surface area contributed by atoms with Crippen molar-refractivity contribution >= 4 is 5.82 Å². The van der Waals surface area contributed by atoms with Crippen molar-refractivity contribution in [1.82, 2.24) is 10.3 Å². The molecule has 2 aliphatic heterocycles. The van der Waals surface area contributed by atoms with Crippen LogP contribution < -0.4 is 10.2 Å². The van der Waals surface area contributed by atoms with E-state index in [-0.39, 0.29) is 17.9 Å². The van der Waals surface area contributed by atoms with E-state index in [1.807, 2.05) is 0 Å². The summed E-state index contributed by atoms with van der Waals surface area (Å²) in [4.78, 5) is 5.71. The van der Waals surface area contributed by atoms with Crippen molar-refractivity contribution in [2.75, 3.05) is 18.0 Å². The number of fused-ring (bicyclic) bond motifs is 2. The zero-order valence-electron chi connectivity index (χ0n) is 9.35. The molecule has 0 radical (unpaired) electrons. The van der Waals surface area contributed by atoms with Gasteiger partial charge in [0.1, 0.15) is 5.82 Å². The molecule has 0 amide bonds. The molecule has 2 saturated heterocycles. The van der Waals surface area contributed by atoms with Crippen LogP contribution in [0.4, 0.5) is 19.0 Å². The average Bonchev–Trinajstić information content (AvgIpc) is 2.84. The summed E-state index contributed by atoms with van der Waals surface area (Å²) < 4.78 is 37.8. The van der Waals surface area contributed by atoms with Gasteiger partial charge in [0, 0.05) is 19.3 Å². The number of pyridine rings is 1. The smallest absolute Gasteiger partial charge is 0.389 e. The van der Waals surface area contributed by atoms with E-state index < -0.39 is 17.8 Å². The normalized spacial score (nSPS) is 31.1. The standard InChI is InChI=1S/C11H12F3N3O/c12-11(13,14)6-1-2-15-9(3-6)17-5-7-10(18)8(17)4-16-7/h1-3,7-8,10,16,18H,4-5H2. The minimum absolute atomic E-state index is 0.0775. The van der Waals surface area contributed by atoms with E-state index in [0.717, 1.165) is 18.3 Å². The predicted molar refractivity (Wildman–Crippen MR) is 58.2 cm³/mol. The molecule has 0 saturated carbocycles. The lowest BCUT2D eigenvalue weighted by molar-refractivity contribution is -0.137. The Morgan fingerprint density at radius 2 is 2.22 bits per heavy atom. The Balaban J connectivity index is 1.90. The molecule has 0 aliphatic carbocycles. The van der Waals surface area contributed by atoms with Gasteiger partial charge in [-0.3, -0.25) is 0 Å². The number of piperazine rings is 1. The van der Waals surface area contributed by atoms with Gasteiger partial charge in [-0.1, -0.05) is 0 Å². The van der Waals surface area contributed by atoms with E-state index in [1.54, 1.807) is 4.90 Å². The SMILES string of the molecule is OC1C2CN(c3cc(C(F)(F)F)ccn3)C1CN2. The highest BCUT2D eigenvalue weighted by atomic mass is 19.4. The lowest BCUT2D eigenvalue weighted by Crippen LogP contribution is -2.44. The van der Waals surface area contributed by atoms with Gasteiger partial charge >= 0.3 is 6.18 Å². The van der Waals surface area contributed by atoms with Gasteiger partial charge in [0.15, 0.2) is 0 Å². The van der Waals surface area contributed by atoms with Gasteiger partial charge in [-0.25, -0.2) is 4.98 Å². The second-order valence-corrected chi connectivity index (χ2v) is 4.63. The summed E-state index contributed by atoms with van der Waals surface area (Å²) >= 11 is 0. The molecule has 98 valence electrons. The molecule has 2 aliphatic rings. The fourth-order valence-corrected chi connectivity index (χ4v) is 2.61. The molecule has 2 bridgehead atoms. The lowest BCUT2D eigenvalue weighted by Gasteiger charge is -2.28. The number of nitrogens with one attached hydrogen (secondary N) is 1. The molecule has 3 heterocycles. The third-order valence-electron chi connectivity index (χ3n) is 3.56. The predicted octanol–water partition coefficient (Wildman–Crippen LogP) is 0.622. The summed E-state index contributed by atoms with van der Waals surface area (Å²) in [5.74, 6) is 0.276. The molecule has 18 heavy (non-hydrogen) atoms. The Morgan fingerprint density at radius 1 is 1.44 bits per heavy atom. The second kappa shape index (κ2) is 3.83. The molecule has 1 aromatic rings. The van der Waals surface area contributed by atoms with Crippen LogP contribution in [0.3, 0.4) is 0 Å². The molecule has 3 rings (SSSR count). The lowest BCUT2D eigenvalue weighted by atomic mass is 10.2. The van der Waals surface area contributed by atoms with Crippen LogP contribution in [0.5, 0.6) is 0 Å². The molecule has 3 atom stereocenters. The van der Waals surface area contributed by atoms with E-state index in [1.165, 1.54) is 0 Å². The third kappa shape index (κ3) is 1.74. The summed E-state index contributed by atoms with van der Waals surface area (Å²) in [5.41, 5.74) is -0.710. The highest BCUT2D eigenvalue weighted by Gasteiger charge is 2.46. The number of aromatic nitrogens is 1. The average molecular weight is 259 g/mol. The Labute approximate surface area is 101 Å². The van der Waals surface area contributed by atoms with Crippen molar-refractivity contribution in [3.05, 3.63) is 23.9 Å². The first-order valence-electron chi connectivity index (χ1n) is 5.68. The maximum Gasteiger partial charge on any atom is 0.416 e. The highest BCUT2D eigenvalue weighted by molar-refractivity contribution is 5.47. The number of hydrogen-bond acceptors (Lipinski definition) is 4. The van der Waals surface area contributed by atoms with Crippen LogP contribution in [0.15, 0.2) is 18.3 Å². The van der Waals surface area contributed by atoms with Gasteiger partial charge in [0.05, 0.1) is 23.8 Å². The van der Waals surface area contributed by atoms with Gasteiger partial charge in [-0.05, 0) is 12.1 Å². The molecule has 2 N–H and O–H groups in total. The third-order valence-corrected chi connectivity index (χ3v) is 3.56. The summed E-state index contributed by atoms with van der Waals surface area (Å²) in [6.07, 6.45) is -3.75. The molecule has 0 spiro atoms. The van der Waals surface area contributed by atoms with Gasteiger partial charge in [-0.15, -0.1) is 0 Å². The molecule has 4 nitrogen and oxygen atoms in total. The van der Waals surface area contributed by atoms with E-state index in [4.69, 9.17) is 0 Å². The number of hydrogen-bond donors (Lipinski definition) is 2. The van der Waals surface area contributed by atoms with Crippen LogP contribution in [-0.4, -0.2) is 41.4 Å². The zero-order valence-corrected chi connectivity index (χ0v) is 9.35.